The number of benzene rings is 2. The zero-order valence-corrected chi connectivity index (χ0v) is 11.0. The molecule has 0 aliphatic rings. The minimum atomic E-state index is -0.960. The Balaban J connectivity index is 2.19. The van der Waals surface area contributed by atoms with Gasteiger partial charge in [-0.15, -0.1) is 0 Å². The van der Waals surface area contributed by atoms with E-state index in [2.05, 4.69) is 30.1 Å². The van der Waals surface area contributed by atoms with Crippen LogP contribution in [0, 0.1) is 6.92 Å². The predicted octanol–water partition coefficient (Wildman–Crippen LogP) is 3.91. The normalized spacial score (nSPS) is 10.7. The molecule has 0 unspecified atom stereocenters. The minimum Gasteiger partial charge on any atom is -0.478 e. The molecule has 3 rings (SSSR count). The maximum atomic E-state index is 10.9. The SMILES string of the molecule is Cc1ccc(-c2ccc(C(=O)O)cn2)c2ccccc12. The minimum absolute atomic E-state index is 0.199. The standard InChI is InChI=1S/C17H13NO2/c1-11-6-8-15(14-5-3-2-4-13(11)14)16-9-7-12(10-18-16)17(19)20/h2-10H,1H3,(H,19,20). The first-order valence-corrected chi connectivity index (χ1v) is 6.35. The Labute approximate surface area is 116 Å². The Kier molecular flexibility index (Phi) is 2.95. The highest BCUT2D eigenvalue weighted by molar-refractivity contribution is 5.98. The summed E-state index contributed by atoms with van der Waals surface area (Å²) in [5.41, 5.74) is 3.21. The molecule has 3 aromatic rings. The fraction of sp³-hybridized carbons (Fsp3) is 0.0588. The van der Waals surface area contributed by atoms with Gasteiger partial charge in [0.2, 0.25) is 0 Å². The molecule has 1 aromatic heterocycles. The van der Waals surface area contributed by atoms with Crippen LogP contribution in [-0.2, 0) is 0 Å². The summed E-state index contributed by atoms with van der Waals surface area (Å²) in [6.07, 6.45) is 1.40. The Morgan fingerprint density at radius 3 is 2.40 bits per heavy atom. The van der Waals surface area contributed by atoms with Crippen molar-refractivity contribution in [2.24, 2.45) is 0 Å². The molecule has 0 spiro atoms. The van der Waals surface area contributed by atoms with Crippen molar-refractivity contribution < 1.29 is 9.90 Å². The number of rotatable bonds is 2. The van der Waals surface area contributed by atoms with Crippen molar-refractivity contribution in [1.29, 1.82) is 0 Å². The van der Waals surface area contributed by atoms with Crippen LogP contribution in [-0.4, -0.2) is 16.1 Å². The molecule has 0 fully saturated rings. The van der Waals surface area contributed by atoms with Gasteiger partial charge in [0, 0.05) is 11.8 Å². The number of fused-ring (bicyclic) bond motifs is 1. The molecule has 20 heavy (non-hydrogen) atoms. The van der Waals surface area contributed by atoms with Gasteiger partial charge in [0.25, 0.3) is 0 Å². The van der Waals surface area contributed by atoms with Gasteiger partial charge in [-0.2, -0.15) is 0 Å². The van der Waals surface area contributed by atoms with Crippen molar-refractivity contribution in [2.75, 3.05) is 0 Å². The lowest BCUT2D eigenvalue weighted by molar-refractivity contribution is 0.0696. The maximum Gasteiger partial charge on any atom is 0.337 e. The Morgan fingerprint density at radius 1 is 1.00 bits per heavy atom. The van der Waals surface area contributed by atoms with E-state index in [0.717, 1.165) is 16.6 Å². The van der Waals surface area contributed by atoms with Gasteiger partial charge in [-0.05, 0) is 35.4 Å². The second-order valence-electron chi connectivity index (χ2n) is 4.71. The summed E-state index contributed by atoms with van der Waals surface area (Å²) in [5, 5.41) is 11.2. The van der Waals surface area contributed by atoms with E-state index in [9.17, 15) is 4.79 Å². The molecule has 1 N–H and O–H groups in total. The topological polar surface area (TPSA) is 50.2 Å². The molecule has 2 aromatic carbocycles. The molecule has 0 aliphatic carbocycles. The number of aromatic carboxylic acids is 1. The number of nitrogens with zero attached hydrogens (tertiary/aromatic N) is 1. The van der Waals surface area contributed by atoms with Crippen LogP contribution in [0.2, 0.25) is 0 Å². The van der Waals surface area contributed by atoms with Crippen LogP contribution < -0.4 is 0 Å². The molecule has 3 heteroatoms. The fourth-order valence-corrected chi connectivity index (χ4v) is 2.35. The molecule has 1 heterocycles. The largest absolute Gasteiger partial charge is 0.478 e. The highest BCUT2D eigenvalue weighted by Gasteiger charge is 2.08. The van der Waals surface area contributed by atoms with E-state index in [1.165, 1.54) is 17.1 Å². The molecular formula is C17H13NO2. The van der Waals surface area contributed by atoms with E-state index in [1.807, 2.05) is 18.2 Å². The van der Waals surface area contributed by atoms with Crippen LogP contribution in [0.5, 0.6) is 0 Å². The zero-order chi connectivity index (χ0) is 14.1. The van der Waals surface area contributed by atoms with Gasteiger partial charge >= 0.3 is 5.97 Å². The lowest BCUT2D eigenvalue weighted by atomic mass is 9.98. The van der Waals surface area contributed by atoms with Gasteiger partial charge in [-0.1, -0.05) is 36.4 Å². The second-order valence-corrected chi connectivity index (χ2v) is 4.71. The summed E-state index contributed by atoms with van der Waals surface area (Å²) < 4.78 is 0. The van der Waals surface area contributed by atoms with Gasteiger partial charge in [0.15, 0.2) is 0 Å². The molecule has 0 bridgehead atoms. The molecule has 98 valence electrons. The van der Waals surface area contributed by atoms with Gasteiger partial charge in [-0.3, -0.25) is 4.98 Å². The van der Waals surface area contributed by atoms with Crippen molar-refractivity contribution >= 4 is 16.7 Å². The van der Waals surface area contributed by atoms with E-state index in [-0.39, 0.29) is 5.56 Å². The summed E-state index contributed by atoms with van der Waals surface area (Å²) >= 11 is 0. The molecule has 0 saturated heterocycles. The van der Waals surface area contributed by atoms with E-state index in [1.54, 1.807) is 12.1 Å². The molecule has 0 amide bonds. The van der Waals surface area contributed by atoms with Crippen LogP contribution in [0.25, 0.3) is 22.0 Å². The van der Waals surface area contributed by atoms with E-state index >= 15 is 0 Å². The number of hydrogen-bond acceptors (Lipinski definition) is 2. The van der Waals surface area contributed by atoms with Crippen molar-refractivity contribution in [3.8, 4) is 11.3 Å². The monoisotopic (exact) mass is 263 g/mol. The average molecular weight is 263 g/mol. The van der Waals surface area contributed by atoms with Crippen LogP contribution in [0.4, 0.5) is 0 Å². The number of carboxylic acid groups (broad SMARTS) is 1. The van der Waals surface area contributed by atoms with Gasteiger partial charge in [0.05, 0.1) is 11.3 Å². The Bertz CT molecular complexity index is 792. The first-order valence-electron chi connectivity index (χ1n) is 6.35. The molecule has 0 atom stereocenters. The van der Waals surface area contributed by atoms with Gasteiger partial charge < -0.3 is 5.11 Å². The predicted molar refractivity (Wildman–Crippen MR) is 78.9 cm³/mol. The van der Waals surface area contributed by atoms with Gasteiger partial charge in [-0.25, -0.2) is 4.79 Å². The van der Waals surface area contributed by atoms with E-state index < -0.39 is 5.97 Å². The van der Waals surface area contributed by atoms with E-state index in [0.29, 0.717) is 0 Å². The highest BCUT2D eigenvalue weighted by atomic mass is 16.4. The smallest absolute Gasteiger partial charge is 0.337 e. The van der Waals surface area contributed by atoms with E-state index in [4.69, 9.17) is 5.11 Å². The number of aromatic nitrogens is 1. The van der Waals surface area contributed by atoms with Crippen LogP contribution in [0.1, 0.15) is 15.9 Å². The summed E-state index contributed by atoms with van der Waals surface area (Å²) in [5.74, 6) is -0.960. The molecule has 3 nitrogen and oxygen atoms in total. The van der Waals surface area contributed by atoms with Crippen molar-refractivity contribution in [3.05, 3.63) is 65.9 Å². The Morgan fingerprint density at radius 2 is 1.75 bits per heavy atom. The fourth-order valence-electron chi connectivity index (χ4n) is 2.35. The lowest BCUT2D eigenvalue weighted by Gasteiger charge is -2.08. The first-order chi connectivity index (χ1) is 9.66. The summed E-state index contributed by atoms with van der Waals surface area (Å²) in [6, 6.07) is 15.6. The second kappa shape index (κ2) is 4.78. The summed E-state index contributed by atoms with van der Waals surface area (Å²) in [6.45, 7) is 2.08. The third kappa shape index (κ3) is 2.03. The molecule has 0 radical (unpaired) electrons. The lowest BCUT2D eigenvalue weighted by Crippen LogP contribution is -1.97. The highest BCUT2D eigenvalue weighted by Crippen LogP contribution is 2.29. The average Bonchev–Trinajstić information content (AvgIpc) is 2.48. The number of carbonyl (C=O) groups is 1. The van der Waals surface area contributed by atoms with Gasteiger partial charge in [0.1, 0.15) is 0 Å². The molecule has 0 saturated carbocycles. The third-order valence-corrected chi connectivity index (χ3v) is 3.43. The Hall–Kier alpha value is -2.68. The van der Waals surface area contributed by atoms with Crippen LogP contribution in [0.15, 0.2) is 54.7 Å². The van der Waals surface area contributed by atoms with Crippen molar-refractivity contribution in [2.45, 2.75) is 6.92 Å². The van der Waals surface area contributed by atoms with Crippen molar-refractivity contribution in [3.63, 3.8) is 0 Å². The maximum absolute atomic E-state index is 10.9. The zero-order valence-electron chi connectivity index (χ0n) is 11.0. The number of pyridine rings is 1. The summed E-state index contributed by atoms with van der Waals surface area (Å²) in [4.78, 5) is 15.1. The van der Waals surface area contributed by atoms with Crippen LogP contribution >= 0.6 is 0 Å². The quantitative estimate of drug-likeness (QED) is 0.762. The van der Waals surface area contributed by atoms with Crippen molar-refractivity contribution in [1.82, 2.24) is 4.98 Å². The third-order valence-electron chi connectivity index (χ3n) is 3.43. The number of aryl methyl sites for hydroxylation is 1. The number of hydrogen-bond donors (Lipinski definition) is 1. The summed E-state index contributed by atoms with van der Waals surface area (Å²) in [7, 11) is 0. The number of carboxylic acids is 1. The molecule has 0 aliphatic heterocycles. The molecular weight excluding hydrogens is 250 g/mol. The first kappa shape index (κ1) is 12.4. The van der Waals surface area contributed by atoms with Crippen LogP contribution in [0.3, 0.4) is 0 Å².